The van der Waals surface area contributed by atoms with E-state index in [-0.39, 0.29) is 18.2 Å². The van der Waals surface area contributed by atoms with Crippen molar-refractivity contribution in [3.8, 4) is 5.75 Å². The van der Waals surface area contributed by atoms with Crippen LogP contribution in [0.25, 0.3) is 0 Å². The highest BCUT2D eigenvalue weighted by atomic mass is 19.1. The normalized spacial score (nSPS) is 11.6. The van der Waals surface area contributed by atoms with Gasteiger partial charge in [-0.3, -0.25) is 9.59 Å². The van der Waals surface area contributed by atoms with Gasteiger partial charge < -0.3 is 20.7 Å². The van der Waals surface area contributed by atoms with Crippen LogP contribution in [0.15, 0.2) is 42.5 Å². The van der Waals surface area contributed by atoms with Crippen LogP contribution in [-0.4, -0.2) is 32.5 Å². The number of primary amides is 1. The van der Waals surface area contributed by atoms with Crippen molar-refractivity contribution >= 4 is 17.5 Å². The average molecular weight is 346 g/mol. The molecule has 0 aliphatic rings. The highest BCUT2D eigenvalue weighted by molar-refractivity contribution is 5.95. The Labute approximate surface area is 145 Å². The maximum absolute atomic E-state index is 13.7. The molecule has 7 heteroatoms. The van der Waals surface area contributed by atoms with Gasteiger partial charge in [-0.1, -0.05) is 0 Å². The molecule has 2 aromatic rings. The smallest absolute Gasteiger partial charge is 0.279 e. The Kier molecular flexibility index (Phi) is 6.08. The summed E-state index contributed by atoms with van der Waals surface area (Å²) in [5.74, 6) is -0.933. The van der Waals surface area contributed by atoms with E-state index in [1.54, 1.807) is 36.4 Å². The molecule has 0 spiro atoms. The molecule has 0 fully saturated rings. The third-order valence-corrected chi connectivity index (χ3v) is 3.64. The van der Waals surface area contributed by atoms with E-state index in [9.17, 15) is 14.0 Å². The van der Waals surface area contributed by atoms with Crippen molar-refractivity contribution in [3.05, 3.63) is 59.4 Å². The van der Waals surface area contributed by atoms with E-state index in [4.69, 9.17) is 10.5 Å². The molecule has 0 bridgehead atoms. The number of anilines is 1. The van der Waals surface area contributed by atoms with Crippen LogP contribution >= 0.6 is 0 Å². The highest BCUT2D eigenvalue weighted by Gasteiger charge is 2.13. The second kappa shape index (κ2) is 8.25. The number of hydrogen-bond donors (Lipinski definition) is 3. The first-order valence-electron chi connectivity index (χ1n) is 7.72. The van der Waals surface area contributed by atoms with Crippen molar-refractivity contribution in [3.63, 3.8) is 0 Å². The molecule has 6 nitrogen and oxygen atoms in total. The number of carbonyl (C=O) groups is 2. The minimum Gasteiger partial charge on any atom is -0.494 e. The quantitative estimate of drug-likeness (QED) is 0.686. The van der Waals surface area contributed by atoms with Crippen LogP contribution in [0.1, 0.15) is 15.9 Å². The van der Waals surface area contributed by atoms with Gasteiger partial charge in [-0.25, -0.2) is 4.39 Å². The Morgan fingerprint density at radius 3 is 2.44 bits per heavy atom. The molecule has 0 aliphatic heterocycles. The van der Waals surface area contributed by atoms with Gasteiger partial charge in [-0.2, -0.15) is 0 Å². The SMILES string of the molecule is COc1ccc(C[NH+](C)CC(=O)Nc2ccc(C(N)=O)cc2)cc1F. The maximum Gasteiger partial charge on any atom is 0.279 e. The fourth-order valence-corrected chi connectivity index (χ4v) is 2.43. The topological polar surface area (TPSA) is 85.9 Å². The molecule has 0 heterocycles. The fraction of sp³-hybridized carbons (Fsp3) is 0.222. The number of nitrogens with one attached hydrogen (secondary N) is 2. The number of benzene rings is 2. The van der Waals surface area contributed by atoms with Gasteiger partial charge in [0.25, 0.3) is 5.91 Å². The number of likely N-dealkylation sites (N-methyl/N-ethyl adjacent to an activating group) is 1. The van der Waals surface area contributed by atoms with E-state index < -0.39 is 11.7 Å². The molecule has 0 saturated carbocycles. The van der Waals surface area contributed by atoms with E-state index in [1.807, 2.05) is 7.05 Å². The summed E-state index contributed by atoms with van der Waals surface area (Å²) < 4.78 is 18.6. The minimum absolute atomic E-state index is 0.182. The van der Waals surface area contributed by atoms with Gasteiger partial charge in [0.05, 0.1) is 14.2 Å². The lowest BCUT2D eigenvalue weighted by molar-refractivity contribution is -0.885. The van der Waals surface area contributed by atoms with Crippen molar-refractivity contribution < 1.29 is 23.6 Å². The summed E-state index contributed by atoms with van der Waals surface area (Å²) in [4.78, 5) is 24.0. The molecular formula is C18H21FN3O3+. The summed E-state index contributed by atoms with van der Waals surface area (Å²) in [6, 6.07) is 11.1. The van der Waals surface area contributed by atoms with Crippen molar-refractivity contribution in [2.24, 2.45) is 5.73 Å². The first kappa shape index (κ1) is 18.4. The number of hydrogen-bond acceptors (Lipinski definition) is 3. The van der Waals surface area contributed by atoms with Gasteiger partial charge >= 0.3 is 0 Å². The lowest BCUT2D eigenvalue weighted by Gasteiger charge is -2.14. The minimum atomic E-state index is -0.520. The lowest BCUT2D eigenvalue weighted by atomic mass is 10.2. The second-order valence-corrected chi connectivity index (χ2v) is 5.77. The van der Waals surface area contributed by atoms with Crippen molar-refractivity contribution in [1.29, 1.82) is 0 Å². The molecule has 4 N–H and O–H groups in total. The van der Waals surface area contributed by atoms with Gasteiger partial charge in [0, 0.05) is 16.8 Å². The van der Waals surface area contributed by atoms with Crippen LogP contribution < -0.4 is 20.7 Å². The summed E-state index contributed by atoms with van der Waals surface area (Å²) in [5, 5.41) is 2.75. The van der Waals surface area contributed by atoms with Crippen LogP contribution in [-0.2, 0) is 11.3 Å². The maximum atomic E-state index is 13.7. The monoisotopic (exact) mass is 346 g/mol. The van der Waals surface area contributed by atoms with E-state index >= 15 is 0 Å². The Morgan fingerprint density at radius 1 is 1.20 bits per heavy atom. The molecule has 2 aromatic carbocycles. The van der Waals surface area contributed by atoms with Crippen molar-refractivity contribution in [1.82, 2.24) is 0 Å². The molecule has 2 rings (SSSR count). The Morgan fingerprint density at radius 2 is 1.88 bits per heavy atom. The number of quaternary nitrogens is 1. The summed E-state index contributed by atoms with van der Waals surface area (Å²) in [7, 11) is 3.26. The van der Waals surface area contributed by atoms with Crippen molar-refractivity contribution in [2.45, 2.75) is 6.54 Å². The molecule has 0 aliphatic carbocycles. The third-order valence-electron chi connectivity index (χ3n) is 3.64. The molecule has 1 atom stereocenters. The number of amides is 2. The predicted molar refractivity (Wildman–Crippen MR) is 92.0 cm³/mol. The lowest BCUT2D eigenvalue weighted by Crippen LogP contribution is -3.08. The molecule has 132 valence electrons. The fourth-order valence-electron chi connectivity index (χ4n) is 2.43. The Bertz CT molecular complexity index is 763. The predicted octanol–water partition coefficient (Wildman–Crippen LogP) is 0.587. The van der Waals surface area contributed by atoms with Crippen LogP contribution in [0.2, 0.25) is 0 Å². The first-order valence-corrected chi connectivity index (χ1v) is 7.72. The van der Waals surface area contributed by atoms with Crippen LogP contribution in [0.3, 0.4) is 0 Å². The largest absolute Gasteiger partial charge is 0.494 e. The highest BCUT2D eigenvalue weighted by Crippen LogP contribution is 2.17. The molecule has 25 heavy (non-hydrogen) atoms. The molecule has 0 aromatic heterocycles. The van der Waals surface area contributed by atoms with Gasteiger partial charge in [0.15, 0.2) is 18.1 Å². The molecule has 1 unspecified atom stereocenters. The van der Waals surface area contributed by atoms with Crippen LogP contribution in [0.4, 0.5) is 10.1 Å². The van der Waals surface area contributed by atoms with Gasteiger partial charge in [-0.05, 0) is 42.5 Å². The van der Waals surface area contributed by atoms with E-state index in [1.165, 1.54) is 13.2 Å². The summed E-state index contributed by atoms with van der Waals surface area (Å²) in [6.45, 7) is 0.708. The molecule has 2 amide bonds. The second-order valence-electron chi connectivity index (χ2n) is 5.77. The van der Waals surface area contributed by atoms with E-state index in [0.29, 0.717) is 17.8 Å². The molecular weight excluding hydrogens is 325 g/mol. The standard InChI is InChI=1S/C18H20FN3O3/c1-22(10-12-3-8-16(25-2)15(19)9-12)11-17(23)21-14-6-4-13(5-7-14)18(20)24/h3-9H,10-11H2,1-2H3,(H2,20,24)(H,21,23)/p+1. The number of rotatable bonds is 7. The van der Waals surface area contributed by atoms with E-state index in [2.05, 4.69) is 5.32 Å². The Hall–Kier alpha value is -2.93. The van der Waals surface area contributed by atoms with Gasteiger partial charge in [-0.15, -0.1) is 0 Å². The zero-order valence-corrected chi connectivity index (χ0v) is 14.1. The van der Waals surface area contributed by atoms with Gasteiger partial charge in [0.2, 0.25) is 5.91 Å². The third kappa shape index (κ3) is 5.29. The summed E-state index contributed by atoms with van der Waals surface area (Å²) in [5.41, 5.74) is 6.90. The zero-order chi connectivity index (χ0) is 18.4. The number of ether oxygens (including phenoxy) is 1. The molecule has 0 saturated heterocycles. The van der Waals surface area contributed by atoms with Gasteiger partial charge in [0.1, 0.15) is 6.54 Å². The number of nitrogens with two attached hydrogens (primary N) is 1. The van der Waals surface area contributed by atoms with Crippen LogP contribution in [0, 0.1) is 5.82 Å². The van der Waals surface area contributed by atoms with Crippen LogP contribution in [0.5, 0.6) is 5.75 Å². The number of methoxy groups -OCH3 is 1. The van der Waals surface area contributed by atoms with Crippen molar-refractivity contribution in [2.75, 3.05) is 26.0 Å². The summed E-state index contributed by atoms with van der Waals surface area (Å²) >= 11 is 0. The zero-order valence-electron chi connectivity index (χ0n) is 14.1. The molecule has 0 radical (unpaired) electrons. The average Bonchev–Trinajstić information content (AvgIpc) is 2.55. The number of carbonyl (C=O) groups excluding carboxylic acids is 2. The number of halogens is 1. The first-order chi connectivity index (χ1) is 11.9. The Balaban J connectivity index is 1.89. The summed E-state index contributed by atoms with van der Waals surface area (Å²) in [6.07, 6.45) is 0. The van der Waals surface area contributed by atoms with E-state index in [0.717, 1.165) is 10.5 Å².